The highest BCUT2D eigenvalue weighted by molar-refractivity contribution is 7.89. The van der Waals surface area contributed by atoms with Gasteiger partial charge >= 0.3 is 5.97 Å². The molecule has 0 aromatic carbocycles. The lowest BCUT2D eigenvalue weighted by molar-refractivity contribution is -0.147. The Kier molecular flexibility index (Phi) is 3.26. The number of aliphatic carboxylic acids is 1. The zero-order chi connectivity index (χ0) is 14.1. The van der Waals surface area contributed by atoms with E-state index in [0.717, 1.165) is 6.20 Å². The first-order chi connectivity index (χ1) is 8.89. The average molecular weight is 281 g/mol. The van der Waals surface area contributed by atoms with Crippen molar-refractivity contribution in [3.05, 3.63) is 24.0 Å². The fraction of sp³-hybridized carbons (Fsp3) is 0.364. The number of carboxylic acids is 1. The van der Waals surface area contributed by atoms with Gasteiger partial charge in [0.25, 0.3) is 0 Å². The van der Waals surface area contributed by atoms with E-state index in [-0.39, 0.29) is 23.4 Å². The van der Waals surface area contributed by atoms with Gasteiger partial charge in [-0.3, -0.25) is 4.79 Å². The third-order valence-electron chi connectivity index (χ3n) is 3.11. The number of nitriles is 1. The molecule has 1 fully saturated rings. The molecule has 7 nitrogen and oxygen atoms in total. The number of nitrogens with zero attached hydrogens (tertiary/aromatic N) is 2. The van der Waals surface area contributed by atoms with Crippen LogP contribution in [-0.2, 0) is 14.8 Å². The summed E-state index contributed by atoms with van der Waals surface area (Å²) in [6, 6.07) is 4.26. The minimum absolute atomic E-state index is 0.0931. The molecule has 0 radical (unpaired) electrons. The number of nitrogens with one attached hydrogen (secondary N) is 1. The third-order valence-corrected chi connectivity index (χ3v) is 4.63. The van der Waals surface area contributed by atoms with E-state index in [0.29, 0.717) is 6.42 Å². The molecule has 0 aliphatic heterocycles. The third kappa shape index (κ3) is 2.43. The zero-order valence-electron chi connectivity index (χ0n) is 9.83. The van der Waals surface area contributed by atoms with Crippen LogP contribution in [0, 0.1) is 11.3 Å². The number of pyridine rings is 1. The van der Waals surface area contributed by atoms with Crippen molar-refractivity contribution in [1.82, 2.24) is 9.71 Å². The van der Waals surface area contributed by atoms with E-state index in [1.165, 1.54) is 12.1 Å². The second kappa shape index (κ2) is 4.60. The minimum Gasteiger partial charge on any atom is -0.480 e. The van der Waals surface area contributed by atoms with Gasteiger partial charge in [-0.15, -0.1) is 0 Å². The van der Waals surface area contributed by atoms with Crippen molar-refractivity contribution in [3.63, 3.8) is 0 Å². The fourth-order valence-corrected chi connectivity index (χ4v) is 3.17. The predicted octanol–water partition coefficient (Wildman–Crippen LogP) is 0.239. The number of carbonyl (C=O) groups is 1. The summed E-state index contributed by atoms with van der Waals surface area (Å²) in [6.07, 6.45) is 2.24. The molecule has 0 atom stereocenters. The van der Waals surface area contributed by atoms with Crippen molar-refractivity contribution < 1.29 is 18.3 Å². The molecule has 1 heterocycles. The summed E-state index contributed by atoms with van der Waals surface area (Å²) >= 11 is 0. The Labute approximate surface area is 109 Å². The number of carboxylic acid groups (broad SMARTS) is 1. The first kappa shape index (κ1) is 13.5. The number of hydrogen-bond acceptors (Lipinski definition) is 5. The van der Waals surface area contributed by atoms with Crippen molar-refractivity contribution in [2.75, 3.05) is 0 Å². The maximum absolute atomic E-state index is 12.0. The Morgan fingerprint density at radius 3 is 2.53 bits per heavy atom. The van der Waals surface area contributed by atoms with Crippen LogP contribution in [0.15, 0.2) is 23.2 Å². The van der Waals surface area contributed by atoms with Gasteiger partial charge in [0.15, 0.2) is 0 Å². The minimum atomic E-state index is -3.95. The second-order valence-corrected chi connectivity index (χ2v) is 6.02. The Hall–Kier alpha value is -1.98. The smallest absolute Gasteiger partial charge is 0.324 e. The van der Waals surface area contributed by atoms with Crippen LogP contribution >= 0.6 is 0 Å². The largest absolute Gasteiger partial charge is 0.480 e. The summed E-state index contributed by atoms with van der Waals surface area (Å²) in [5.74, 6) is -1.18. The van der Waals surface area contributed by atoms with Gasteiger partial charge in [0.1, 0.15) is 22.2 Å². The van der Waals surface area contributed by atoms with Crippen LogP contribution in [0.3, 0.4) is 0 Å². The van der Waals surface area contributed by atoms with Crippen LogP contribution in [0.4, 0.5) is 0 Å². The highest BCUT2D eigenvalue weighted by Gasteiger charge is 2.47. The Balaban J connectivity index is 2.27. The molecule has 8 heteroatoms. The summed E-state index contributed by atoms with van der Waals surface area (Å²) in [6.45, 7) is 0. The van der Waals surface area contributed by atoms with Gasteiger partial charge in [-0.2, -0.15) is 9.98 Å². The molecule has 19 heavy (non-hydrogen) atoms. The molecule has 100 valence electrons. The van der Waals surface area contributed by atoms with Gasteiger partial charge in [0, 0.05) is 6.20 Å². The van der Waals surface area contributed by atoms with Crippen LogP contribution in [0.25, 0.3) is 0 Å². The quantitative estimate of drug-likeness (QED) is 0.815. The monoisotopic (exact) mass is 281 g/mol. The van der Waals surface area contributed by atoms with E-state index in [4.69, 9.17) is 10.4 Å². The molecule has 0 saturated heterocycles. The Morgan fingerprint density at radius 1 is 1.47 bits per heavy atom. The van der Waals surface area contributed by atoms with Gasteiger partial charge in [0.05, 0.1) is 0 Å². The lowest BCUT2D eigenvalue weighted by Gasteiger charge is -2.37. The molecule has 1 aromatic rings. The van der Waals surface area contributed by atoms with Gasteiger partial charge in [0.2, 0.25) is 10.0 Å². The maximum atomic E-state index is 12.0. The summed E-state index contributed by atoms with van der Waals surface area (Å²) in [5.41, 5.74) is -1.32. The number of aromatic nitrogens is 1. The molecule has 0 bridgehead atoms. The Morgan fingerprint density at radius 2 is 2.16 bits per heavy atom. The number of hydrogen-bond donors (Lipinski definition) is 2. The molecule has 1 aliphatic rings. The van der Waals surface area contributed by atoms with Crippen LogP contribution < -0.4 is 4.72 Å². The van der Waals surface area contributed by atoms with E-state index >= 15 is 0 Å². The van der Waals surface area contributed by atoms with E-state index in [9.17, 15) is 13.2 Å². The average Bonchev–Trinajstić information content (AvgIpc) is 2.33. The van der Waals surface area contributed by atoms with Gasteiger partial charge in [-0.1, -0.05) is 0 Å². The molecule has 2 N–H and O–H groups in total. The van der Waals surface area contributed by atoms with E-state index in [1.54, 1.807) is 6.07 Å². The Bertz CT molecular complexity index is 642. The van der Waals surface area contributed by atoms with Crippen LogP contribution in [0.5, 0.6) is 0 Å². The molecule has 1 aliphatic carbocycles. The first-order valence-electron chi connectivity index (χ1n) is 5.53. The van der Waals surface area contributed by atoms with E-state index < -0.39 is 21.5 Å². The molecule has 1 saturated carbocycles. The summed E-state index contributed by atoms with van der Waals surface area (Å²) in [4.78, 5) is 14.6. The highest BCUT2D eigenvalue weighted by atomic mass is 32.2. The van der Waals surface area contributed by atoms with Crippen molar-refractivity contribution in [1.29, 1.82) is 5.26 Å². The topological polar surface area (TPSA) is 120 Å². The van der Waals surface area contributed by atoms with E-state index in [1.807, 2.05) is 0 Å². The number of rotatable bonds is 4. The van der Waals surface area contributed by atoms with Gasteiger partial charge in [-0.25, -0.2) is 13.4 Å². The van der Waals surface area contributed by atoms with Crippen LogP contribution in [0.1, 0.15) is 25.0 Å². The van der Waals surface area contributed by atoms with Crippen molar-refractivity contribution >= 4 is 16.0 Å². The molecule has 0 unspecified atom stereocenters. The molecular formula is C11H11N3O4S. The molecule has 0 amide bonds. The fourth-order valence-electron chi connectivity index (χ4n) is 1.81. The lowest BCUT2D eigenvalue weighted by atomic mass is 9.78. The molecule has 1 aromatic heterocycles. The SMILES string of the molecule is N#Cc1ccc(S(=O)(=O)NC2(C(=O)O)CCC2)cn1. The second-order valence-electron chi connectivity index (χ2n) is 4.34. The summed E-state index contributed by atoms with van der Waals surface area (Å²) in [5, 5.41) is 17.7. The van der Waals surface area contributed by atoms with Crippen molar-refractivity contribution in [2.45, 2.75) is 29.7 Å². The van der Waals surface area contributed by atoms with Crippen LogP contribution in [-0.4, -0.2) is 30.0 Å². The highest BCUT2D eigenvalue weighted by Crippen LogP contribution is 2.33. The zero-order valence-corrected chi connectivity index (χ0v) is 10.6. The molecule has 2 rings (SSSR count). The van der Waals surface area contributed by atoms with E-state index in [2.05, 4.69) is 9.71 Å². The number of sulfonamides is 1. The van der Waals surface area contributed by atoms with Gasteiger partial charge in [-0.05, 0) is 31.4 Å². The molecular weight excluding hydrogens is 270 g/mol. The normalized spacial score (nSPS) is 17.2. The van der Waals surface area contributed by atoms with Crippen molar-refractivity contribution in [3.8, 4) is 6.07 Å². The van der Waals surface area contributed by atoms with Crippen LogP contribution in [0.2, 0.25) is 0 Å². The first-order valence-corrected chi connectivity index (χ1v) is 7.01. The maximum Gasteiger partial charge on any atom is 0.324 e. The molecule has 0 spiro atoms. The lowest BCUT2D eigenvalue weighted by Crippen LogP contribution is -2.58. The van der Waals surface area contributed by atoms with Gasteiger partial charge < -0.3 is 5.11 Å². The van der Waals surface area contributed by atoms with Crippen molar-refractivity contribution in [2.24, 2.45) is 0 Å². The summed E-state index contributed by atoms with van der Waals surface area (Å²) < 4.78 is 26.3. The standard InChI is InChI=1S/C11H11N3O4S/c12-6-8-2-3-9(7-13-8)19(17,18)14-11(10(15)16)4-1-5-11/h2-3,7,14H,1,4-5H2,(H,15,16). The predicted molar refractivity (Wildman–Crippen MR) is 63.5 cm³/mol. The summed E-state index contributed by atoms with van der Waals surface area (Å²) in [7, 11) is -3.95.